The van der Waals surface area contributed by atoms with E-state index in [0.29, 0.717) is 23.4 Å². The number of aromatic amines is 1. The van der Waals surface area contributed by atoms with Crippen molar-refractivity contribution in [2.24, 2.45) is 7.05 Å². The number of nitrogens with one attached hydrogen (secondary N) is 1. The molecule has 0 aliphatic heterocycles. The third-order valence-corrected chi connectivity index (χ3v) is 5.66. The predicted molar refractivity (Wildman–Crippen MR) is 121 cm³/mol. The van der Waals surface area contributed by atoms with Crippen molar-refractivity contribution in [1.29, 1.82) is 0 Å². The van der Waals surface area contributed by atoms with Crippen LogP contribution in [0.5, 0.6) is 0 Å². The van der Waals surface area contributed by atoms with Crippen LogP contribution in [0.15, 0.2) is 61.4 Å². The van der Waals surface area contributed by atoms with E-state index in [1.165, 1.54) is 0 Å². The molecule has 0 saturated carbocycles. The van der Waals surface area contributed by atoms with Crippen LogP contribution in [0, 0.1) is 0 Å². The number of nitrogens with two attached hydrogens (primary N) is 1. The van der Waals surface area contributed by atoms with Crippen LogP contribution in [0.3, 0.4) is 0 Å². The van der Waals surface area contributed by atoms with Crippen LogP contribution in [0.1, 0.15) is 24.6 Å². The Hall–Kier alpha value is -4.11. The summed E-state index contributed by atoms with van der Waals surface area (Å²) in [6, 6.07) is 7.42. The van der Waals surface area contributed by atoms with Gasteiger partial charge in [0.2, 0.25) is 5.95 Å². The molecule has 5 heterocycles. The lowest BCUT2D eigenvalue weighted by atomic mass is 9.88. The third-order valence-electron chi connectivity index (χ3n) is 5.66. The van der Waals surface area contributed by atoms with Crippen LogP contribution in [-0.4, -0.2) is 39.8 Å². The number of aliphatic hydroxyl groups is 1. The molecule has 0 bridgehead atoms. The summed E-state index contributed by atoms with van der Waals surface area (Å²) in [5.74, 6) is 0.0824. The summed E-state index contributed by atoms with van der Waals surface area (Å²) in [7, 11) is 1.87. The number of nitrogen functional groups attached to an aromatic ring is 1. The number of hydrogen-bond donors (Lipinski definition) is 3. The van der Waals surface area contributed by atoms with Gasteiger partial charge in [-0.2, -0.15) is 5.10 Å². The Morgan fingerprint density at radius 1 is 1.16 bits per heavy atom. The summed E-state index contributed by atoms with van der Waals surface area (Å²) < 4.78 is 1.75. The highest BCUT2D eigenvalue weighted by molar-refractivity contribution is 5.95. The second-order valence-corrected chi connectivity index (χ2v) is 7.68. The van der Waals surface area contributed by atoms with Gasteiger partial charge < -0.3 is 15.8 Å². The van der Waals surface area contributed by atoms with Gasteiger partial charge in [-0.25, -0.2) is 15.0 Å². The van der Waals surface area contributed by atoms with E-state index in [-0.39, 0.29) is 5.95 Å². The van der Waals surface area contributed by atoms with Crippen molar-refractivity contribution in [2.75, 3.05) is 5.73 Å². The highest BCUT2D eigenvalue weighted by Crippen LogP contribution is 2.35. The second kappa shape index (κ2) is 7.54. The number of H-pyrrole nitrogens is 1. The fourth-order valence-electron chi connectivity index (χ4n) is 3.90. The molecule has 5 rings (SSSR count). The second-order valence-electron chi connectivity index (χ2n) is 7.68. The first-order valence-electron chi connectivity index (χ1n) is 10.2. The van der Waals surface area contributed by atoms with Crippen molar-refractivity contribution in [3.8, 4) is 22.4 Å². The number of pyridine rings is 2. The normalized spacial score (nSPS) is 13.3. The molecule has 9 heteroatoms. The van der Waals surface area contributed by atoms with E-state index in [1.807, 2.05) is 38.5 Å². The van der Waals surface area contributed by atoms with Crippen molar-refractivity contribution in [3.63, 3.8) is 0 Å². The smallest absolute Gasteiger partial charge is 0.220 e. The van der Waals surface area contributed by atoms with Gasteiger partial charge >= 0.3 is 0 Å². The molecule has 0 spiro atoms. The highest BCUT2D eigenvalue weighted by Gasteiger charge is 2.32. The minimum Gasteiger partial charge on any atom is -0.379 e. The maximum absolute atomic E-state index is 11.5. The molecule has 0 aliphatic rings. The third kappa shape index (κ3) is 3.28. The maximum atomic E-state index is 11.5. The van der Waals surface area contributed by atoms with Crippen molar-refractivity contribution >= 4 is 17.0 Å². The summed E-state index contributed by atoms with van der Waals surface area (Å²) in [6.45, 7) is 1.89. The average molecular weight is 426 g/mol. The Labute approximate surface area is 184 Å². The molecule has 5 aromatic rings. The Kier molecular flexibility index (Phi) is 4.67. The summed E-state index contributed by atoms with van der Waals surface area (Å²) in [5.41, 5.74) is 9.84. The Balaban J connectivity index is 1.65. The van der Waals surface area contributed by atoms with Gasteiger partial charge in [0.15, 0.2) is 0 Å². The van der Waals surface area contributed by atoms with E-state index in [0.717, 1.165) is 27.7 Å². The zero-order chi connectivity index (χ0) is 22.3. The topological polar surface area (TPSA) is 131 Å². The van der Waals surface area contributed by atoms with Crippen LogP contribution in [-0.2, 0) is 12.6 Å². The highest BCUT2D eigenvalue weighted by atomic mass is 16.3. The molecular formula is C23H22N8O. The number of rotatable bonds is 5. The molecule has 5 aromatic heterocycles. The first-order chi connectivity index (χ1) is 15.5. The lowest BCUT2D eigenvalue weighted by molar-refractivity contribution is 0.0716. The molecular weight excluding hydrogens is 404 g/mol. The summed E-state index contributed by atoms with van der Waals surface area (Å²) in [4.78, 5) is 20.7. The van der Waals surface area contributed by atoms with Crippen molar-refractivity contribution in [3.05, 3.63) is 72.7 Å². The number of aryl methyl sites for hydroxylation is 1. The lowest BCUT2D eigenvalue weighted by Crippen LogP contribution is -2.28. The molecule has 1 unspecified atom stereocenters. The van der Waals surface area contributed by atoms with Gasteiger partial charge in [0.1, 0.15) is 11.2 Å². The molecule has 1 atom stereocenters. The van der Waals surface area contributed by atoms with Crippen molar-refractivity contribution in [2.45, 2.75) is 18.9 Å². The van der Waals surface area contributed by atoms with Crippen molar-refractivity contribution in [1.82, 2.24) is 34.7 Å². The molecule has 9 nitrogen and oxygen atoms in total. The van der Waals surface area contributed by atoms with Crippen LogP contribution in [0.2, 0.25) is 0 Å². The molecule has 0 amide bonds. The van der Waals surface area contributed by atoms with E-state index in [2.05, 4.69) is 30.0 Å². The lowest BCUT2D eigenvalue weighted by Gasteiger charge is -2.26. The first kappa shape index (κ1) is 19.8. The zero-order valence-corrected chi connectivity index (χ0v) is 17.7. The predicted octanol–water partition coefficient (Wildman–Crippen LogP) is 3.04. The fraction of sp³-hybridized carbons (Fsp3) is 0.174. The summed E-state index contributed by atoms with van der Waals surface area (Å²) in [6.07, 6.45) is 11.1. The monoisotopic (exact) mass is 426 g/mol. The minimum atomic E-state index is -1.34. The van der Waals surface area contributed by atoms with Crippen LogP contribution in [0.4, 0.5) is 5.95 Å². The summed E-state index contributed by atoms with van der Waals surface area (Å²) >= 11 is 0. The number of nitrogens with zero attached hydrogens (tertiary/aromatic N) is 6. The van der Waals surface area contributed by atoms with E-state index in [4.69, 9.17) is 5.73 Å². The van der Waals surface area contributed by atoms with Crippen LogP contribution >= 0.6 is 0 Å². The Morgan fingerprint density at radius 2 is 2.03 bits per heavy atom. The van der Waals surface area contributed by atoms with Crippen LogP contribution in [0.25, 0.3) is 33.4 Å². The van der Waals surface area contributed by atoms with Gasteiger partial charge in [0.05, 0.1) is 17.6 Å². The van der Waals surface area contributed by atoms with Gasteiger partial charge in [-0.3, -0.25) is 9.67 Å². The minimum absolute atomic E-state index is 0.0824. The number of aromatic nitrogens is 7. The average Bonchev–Trinajstić information content (AvgIpc) is 3.44. The standard InChI is InChI=1S/C23H22N8O/c1-3-23(32,16-5-4-6-25-11-16)20-8-19(29-22(24)30-20)18-12-27-21-17(18)7-14(9-26-21)15-10-28-31(2)13-15/h4-13,32H,3H2,1-2H3,(H,26,27)(H2,24,29,30). The molecule has 0 aromatic carbocycles. The molecule has 0 radical (unpaired) electrons. The van der Waals surface area contributed by atoms with Gasteiger partial charge in [0, 0.05) is 65.7 Å². The Bertz CT molecular complexity index is 1410. The molecule has 0 fully saturated rings. The SMILES string of the molecule is CCC(O)(c1cccnc1)c1cc(-c2c[nH]c3ncc(-c4cnn(C)c4)cc23)nc(N)n1. The quantitative estimate of drug-likeness (QED) is 0.393. The van der Waals surface area contributed by atoms with Gasteiger partial charge in [0.25, 0.3) is 0 Å². The zero-order valence-electron chi connectivity index (χ0n) is 17.7. The molecule has 0 saturated heterocycles. The fourth-order valence-corrected chi connectivity index (χ4v) is 3.90. The molecule has 32 heavy (non-hydrogen) atoms. The van der Waals surface area contributed by atoms with E-state index >= 15 is 0 Å². The first-order valence-corrected chi connectivity index (χ1v) is 10.2. The van der Waals surface area contributed by atoms with E-state index in [1.54, 1.807) is 41.6 Å². The number of hydrogen-bond acceptors (Lipinski definition) is 7. The molecule has 160 valence electrons. The molecule has 0 aliphatic carbocycles. The molecule has 4 N–H and O–H groups in total. The van der Waals surface area contributed by atoms with Crippen LogP contribution < -0.4 is 5.73 Å². The number of anilines is 1. The van der Waals surface area contributed by atoms with Gasteiger partial charge in [-0.15, -0.1) is 0 Å². The van der Waals surface area contributed by atoms with Gasteiger partial charge in [-0.05, 0) is 24.6 Å². The van der Waals surface area contributed by atoms with Gasteiger partial charge in [-0.1, -0.05) is 13.0 Å². The summed E-state index contributed by atoms with van der Waals surface area (Å²) in [5, 5.41) is 16.6. The number of fused-ring (bicyclic) bond motifs is 1. The van der Waals surface area contributed by atoms with Crippen molar-refractivity contribution < 1.29 is 5.11 Å². The Morgan fingerprint density at radius 3 is 2.75 bits per heavy atom. The largest absolute Gasteiger partial charge is 0.379 e. The maximum Gasteiger partial charge on any atom is 0.220 e. The van der Waals surface area contributed by atoms with E-state index in [9.17, 15) is 5.11 Å². The van der Waals surface area contributed by atoms with E-state index < -0.39 is 5.60 Å².